The number of benzene rings is 1. The van der Waals surface area contributed by atoms with Crippen LogP contribution in [-0.4, -0.2) is 36.8 Å². The van der Waals surface area contributed by atoms with E-state index in [1.54, 1.807) is 6.92 Å². The molecule has 1 N–H and O–H groups in total. The number of carbonyl (C=O) groups excluding carboxylic acids is 2. The molecule has 120 valence electrons. The van der Waals surface area contributed by atoms with Crippen LogP contribution in [0.15, 0.2) is 42.5 Å². The van der Waals surface area contributed by atoms with Crippen molar-refractivity contribution in [2.75, 3.05) is 24.7 Å². The number of hydrogen-bond donors (Lipinski definition) is 1. The first-order valence-corrected chi connectivity index (χ1v) is 8.16. The van der Waals surface area contributed by atoms with Gasteiger partial charge in [-0.1, -0.05) is 36.9 Å². The van der Waals surface area contributed by atoms with Gasteiger partial charge in [0.25, 0.3) is 0 Å². The van der Waals surface area contributed by atoms with Crippen molar-refractivity contribution >= 4 is 23.8 Å². The quantitative estimate of drug-likeness (QED) is 0.430. The number of ether oxygens (including phenoxy) is 2. The molecule has 1 aromatic carbocycles. The molecule has 0 heterocycles. The minimum absolute atomic E-state index is 0.279. The third kappa shape index (κ3) is 7.73. The topological polar surface area (TPSA) is 64.6 Å². The molecule has 0 saturated heterocycles. The Balaban J connectivity index is 2.05. The zero-order valence-electron chi connectivity index (χ0n) is 12.7. The van der Waals surface area contributed by atoms with Crippen LogP contribution in [0, 0.1) is 0 Å². The summed E-state index contributed by atoms with van der Waals surface area (Å²) in [5.41, 5.74) is 1.43. The van der Waals surface area contributed by atoms with E-state index in [1.807, 2.05) is 30.3 Å². The van der Waals surface area contributed by atoms with Crippen molar-refractivity contribution in [1.29, 1.82) is 0 Å². The number of rotatable bonds is 9. The molecule has 1 rings (SSSR count). The van der Waals surface area contributed by atoms with E-state index in [4.69, 9.17) is 9.47 Å². The maximum atomic E-state index is 11.5. The van der Waals surface area contributed by atoms with Crippen LogP contribution in [0.5, 0.6) is 0 Å². The van der Waals surface area contributed by atoms with E-state index in [1.165, 1.54) is 11.8 Å². The second kappa shape index (κ2) is 10.7. The molecule has 0 fully saturated rings. The Morgan fingerprint density at radius 1 is 1.23 bits per heavy atom. The van der Waals surface area contributed by atoms with E-state index >= 15 is 0 Å². The molecule has 1 amide bonds. The van der Waals surface area contributed by atoms with Crippen LogP contribution in [0.2, 0.25) is 0 Å². The molecule has 6 heteroatoms. The molecule has 22 heavy (non-hydrogen) atoms. The second-order valence-electron chi connectivity index (χ2n) is 4.35. The summed E-state index contributed by atoms with van der Waals surface area (Å²) >= 11 is 1.47. The molecule has 0 unspecified atom stereocenters. The first-order valence-electron chi connectivity index (χ1n) is 7.00. The van der Waals surface area contributed by atoms with Crippen LogP contribution in [-0.2, 0) is 20.8 Å². The summed E-state index contributed by atoms with van der Waals surface area (Å²) in [6, 6.07) is 9.60. The summed E-state index contributed by atoms with van der Waals surface area (Å²) in [6.07, 6.45) is -0.450. The Hall–Kier alpha value is -1.95. The third-order valence-corrected chi connectivity index (χ3v) is 3.59. The van der Waals surface area contributed by atoms with Gasteiger partial charge in [-0.25, -0.2) is 9.59 Å². The fourth-order valence-corrected chi connectivity index (χ4v) is 2.21. The van der Waals surface area contributed by atoms with Crippen molar-refractivity contribution in [2.45, 2.75) is 13.5 Å². The van der Waals surface area contributed by atoms with Crippen molar-refractivity contribution in [1.82, 2.24) is 5.32 Å². The number of amides is 1. The predicted octanol–water partition coefficient (Wildman–Crippen LogP) is 2.77. The first kappa shape index (κ1) is 18.1. The van der Waals surface area contributed by atoms with Gasteiger partial charge in [0.05, 0.1) is 6.61 Å². The number of carbonyl (C=O) groups is 2. The van der Waals surface area contributed by atoms with Crippen LogP contribution in [0.4, 0.5) is 4.79 Å². The largest absolute Gasteiger partial charge is 0.463 e. The molecule has 0 atom stereocenters. The molecule has 0 aliphatic rings. The molecule has 0 radical (unpaired) electrons. The number of alkyl carbamates (subject to hydrolysis) is 1. The molecule has 0 bridgehead atoms. The maximum absolute atomic E-state index is 11.5. The van der Waals surface area contributed by atoms with Crippen molar-refractivity contribution in [2.24, 2.45) is 0 Å². The van der Waals surface area contributed by atoms with E-state index in [0.29, 0.717) is 30.2 Å². The van der Waals surface area contributed by atoms with Crippen molar-refractivity contribution < 1.29 is 19.1 Å². The standard InChI is InChI=1S/C16H21NO4S/c1-3-20-15(18)13(2)12-22-10-9-21-16(19)17-11-14-7-5-4-6-8-14/h4-8H,2-3,9-12H2,1H3,(H,17,19). The Morgan fingerprint density at radius 2 is 1.95 bits per heavy atom. The van der Waals surface area contributed by atoms with Gasteiger partial charge in [-0.05, 0) is 12.5 Å². The van der Waals surface area contributed by atoms with Crippen LogP contribution >= 0.6 is 11.8 Å². The van der Waals surface area contributed by atoms with Gasteiger partial charge in [0.1, 0.15) is 6.61 Å². The first-order chi connectivity index (χ1) is 10.6. The molecular weight excluding hydrogens is 302 g/mol. The highest BCUT2D eigenvalue weighted by Crippen LogP contribution is 2.07. The van der Waals surface area contributed by atoms with E-state index in [9.17, 15) is 9.59 Å². The van der Waals surface area contributed by atoms with Gasteiger partial charge in [-0.2, -0.15) is 11.8 Å². The van der Waals surface area contributed by atoms with Crippen molar-refractivity contribution in [3.05, 3.63) is 48.0 Å². The Bertz CT molecular complexity index is 490. The van der Waals surface area contributed by atoms with Crippen LogP contribution in [0.25, 0.3) is 0 Å². The smallest absolute Gasteiger partial charge is 0.407 e. The Kier molecular flexibility index (Phi) is 8.83. The minimum atomic E-state index is -0.450. The third-order valence-electron chi connectivity index (χ3n) is 2.58. The summed E-state index contributed by atoms with van der Waals surface area (Å²) in [4.78, 5) is 22.8. The van der Waals surface area contributed by atoms with Crippen LogP contribution in [0.3, 0.4) is 0 Å². The Morgan fingerprint density at radius 3 is 2.64 bits per heavy atom. The lowest BCUT2D eigenvalue weighted by molar-refractivity contribution is -0.138. The van der Waals surface area contributed by atoms with E-state index in [0.717, 1.165) is 5.56 Å². The average molecular weight is 323 g/mol. The lowest BCUT2D eigenvalue weighted by Crippen LogP contribution is -2.24. The fourth-order valence-electron chi connectivity index (χ4n) is 1.50. The molecule has 0 aromatic heterocycles. The normalized spacial score (nSPS) is 9.86. The molecule has 0 saturated carbocycles. The number of esters is 1. The molecule has 5 nitrogen and oxygen atoms in total. The maximum Gasteiger partial charge on any atom is 0.407 e. The number of thioether (sulfide) groups is 1. The highest BCUT2D eigenvalue weighted by atomic mass is 32.2. The SMILES string of the molecule is C=C(CSCCOC(=O)NCc1ccccc1)C(=O)OCC. The predicted molar refractivity (Wildman–Crippen MR) is 87.7 cm³/mol. The van der Waals surface area contributed by atoms with Gasteiger partial charge >= 0.3 is 12.1 Å². The Labute approximate surface area is 135 Å². The molecular formula is C16H21NO4S. The highest BCUT2D eigenvalue weighted by Gasteiger charge is 2.07. The molecule has 1 aromatic rings. The minimum Gasteiger partial charge on any atom is -0.463 e. The summed E-state index contributed by atoms with van der Waals surface area (Å²) in [5.74, 6) is 0.682. The number of hydrogen-bond acceptors (Lipinski definition) is 5. The molecule has 0 spiro atoms. The van der Waals surface area contributed by atoms with E-state index in [2.05, 4.69) is 11.9 Å². The van der Waals surface area contributed by atoms with Crippen molar-refractivity contribution in [3.63, 3.8) is 0 Å². The number of nitrogens with one attached hydrogen (secondary N) is 1. The monoisotopic (exact) mass is 323 g/mol. The average Bonchev–Trinajstić information content (AvgIpc) is 2.53. The summed E-state index contributed by atoms with van der Waals surface area (Å²) in [6.45, 7) is 6.46. The summed E-state index contributed by atoms with van der Waals surface area (Å²) in [5, 5.41) is 2.67. The zero-order valence-corrected chi connectivity index (χ0v) is 13.5. The van der Waals surface area contributed by atoms with Gasteiger partial charge in [0.15, 0.2) is 0 Å². The summed E-state index contributed by atoms with van der Waals surface area (Å²) in [7, 11) is 0. The van der Waals surface area contributed by atoms with E-state index in [-0.39, 0.29) is 12.6 Å². The van der Waals surface area contributed by atoms with Crippen LogP contribution in [0.1, 0.15) is 12.5 Å². The van der Waals surface area contributed by atoms with Crippen molar-refractivity contribution in [3.8, 4) is 0 Å². The van der Waals surface area contributed by atoms with Gasteiger partial charge in [0, 0.05) is 23.6 Å². The van der Waals surface area contributed by atoms with Gasteiger partial charge in [-0.3, -0.25) is 0 Å². The molecule has 0 aliphatic carbocycles. The lowest BCUT2D eigenvalue weighted by atomic mass is 10.2. The van der Waals surface area contributed by atoms with E-state index < -0.39 is 6.09 Å². The van der Waals surface area contributed by atoms with Gasteiger partial charge in [-0.15, -0.1) is 0 Å². The van der Waals surface area contributed by atoms with Crippen LogP contribution < -0.4 is 5.32 Å². The second-order valence-corrected chi connectivity index (χ2v) is 5.46. The lowest BCUT2D eigenvalue weighted by Gasteiger charge is -2.07. The molecule has 0 aliphatic heterocycles. The highest BCUT2D eigenvalue weighted by molar-refractivity contribution is 7.99. The zero-order chi connectivity index (χ0) is 16.2. The summed E-state index contributed by atoms with van der Waals surface area (Å²) < 4.78 is 9.86. The fraction of sp³-hybridized carbons (Fsp3) is 0.375. The van der Waals surface area contributed by atoms with Gasteiger partial charge in [0.2, 0.25) is 0 Å². The van der Waals surface area contributed by atoms with Gasteiger partial charge < -0.3 is 14.8 Å².